The zero-order valence-corrected chi connectivity index (χ0v) is 13.4. The molecule has 1 heterocycles. The van der Waals surface area contributed by atoms with Gasteiger partial charge in [-0.15, -0.1) is 11.3 Å². The Labute approximate surface area is 116 Å². The van der Waals surface area contributed by atoms with Crippen LogP contribution in [-0.4, -0.2) is 36.1 Å². The summed E-state index contributed by atoms with van der Waals surface area (Å²) in [4.78, 5) is 7.02. The third-order valence-corrected chi connectivity index (χ3v) is 4.34. The second-order valence-corrected chi connectivity index (χ2v) is 7.00. The van der Waals surface area contributed by atoms with Crippen LogP contribution in [-0.2, 0) is 12.0 Å². The molecular formula is C14H27N3S. The van der Waals surface area contributed by atoms with Gasteiger partial charge in [0.05, 0.1) is 10.7 Å². The van der Waals surface area contributed by atoms with Gasteiger partial charge in [0, 0.05) is 36.5 Å². The molecular weight excluding hydrogens is 242 g/mol. The minimum atomic E-state index is 0.167. The second-order valence-electron chi connectivity index (χ2n) is 6.15. The van der Waals surface area contributed by atoms with Crippen LogP contribution in [0, 0.1) is 0 Å². The lowest BCUT2D eigenvalue weighted by molar-refractivity contribution is 0.273. The third-order valence-electron chi connectivity index (χ3n) is 3.02. The third kappa shape index (κ3) is 5.04. The molecule has 3 nitrogen and oxygen atoms in total. The number of nitrogens with zero attached hydrogens (tertiary/aromatic N) is 2. The number of hydrogen-bond donors (Lipinski definition) is 1. The van der Waals surface area contributed by atoms with E-state index in [0.717, 1.165) is 25.3 Å². The molecule has 104 valence electrons. The van der Waals surface area contributed by atoms with Gasteiger partial charge in [0.1, 0.15) is 0 Å². The Morgan fingerprint density at radius 1 is 1.39 bits per heavy atom. The van der Waals surface area contributed by atoms with Crippen molar-refractivity contribution >= 4 is 11.3 Å². The molecule has 0 atom stereocenters. The Morgan fingerprint density at radius 2 is 2.06 bits per heavy atom. The summed E-state index contributed by atoms with van der Waals surface area (Å²) in [5.74, 6) is 0. The summed E-state index contributed by atoms with van der Waals surface area (Å²) in [6.45, 7) is 14.0. The van der Waals surface area contributed by atoms with E-state index in [1.807, 2.05) is 0 Å². The molecule has 0 amide bonds. The molecule has 1 N–H and O–H groups in total. The fourth-order valence-corrected chi connectivity index (χ4v) is 2.37. The minimum Gasteiger partial charge on any atom is -0.310 e. The summed E-state index contributed by atoms with van der Waals surface area (Å²) in [7, 11) is 2.16. The lowest BCUT2D eigenvalue weighted by atomic mass is 9.98. The van der Waals surface area contributed by atoms with Crippen molar-refractivity contribution in [3.63, 3.8) is 0 Å². The van der Waals surface area contributed by atoms with Gasteiger partial charge < -0.3 is 10.2 Å². The van der Waals surface area contributed by atoms with E-state index < -0.39 is 0 Å². The molecule has 0 spiro atoms. The van der Waals surface area contributed by atoms with Crippen LogP contribution in [0.3, 0.4) is 0 Å². The van der Waals surface area contributed by atoms with Crippen LogP contribution in [0.5, 0.6) is 0 Å². The van der Waals surface area contributed by atoms with E-state index in [1.165, 1.54) is 5.01 Å². The quantitative estimate of drug-likeness (QED) is 0.805. The molecule has 0 saturated carbocycles. The molecule has 1 aromatic heterocycles. The lowest BCUT2D eigenvalue weighted by Crippen LogP contribution is -2.33. The molecule has 0 radical (unpaired) electrons. The largest absolute Gasteiger partial charge is 0.310 e. The minimum absolute atomic E-state index is 0.167. The fraction of sp³-hybridized carbons (Fsp3) is 0.786. The monoisotopic (exact) mass is 269 g/mol. The van der Waals surface area contributed by atoms with Crippen LogP contribution in [0.1, 0.15) is 45.3 Å². The van der Waals surface area contributed by atoms with Gasteiger partial charge in [-0.2, -0.15) is 0 Å². The zero-order chi connectivity index (χ0) is 13.8. The summed E-state index contributed by atoms with van der Waals surface area (Å²) >= 11 is 1.76. The van der Waals surface area contributed by atoms with Gasteiger partial charge >= 0.3 is 0 Å². The highest BCUT2D eigenvalue weighted by molar-refractivity contribution is 7.09. The number of rotatable bonds is 6. The summed E-state index contributed by atoms with van der Waals surface area (Å²) in [5.41, 5.74) is 1.33. The highest BCUT2D eigenvalue weighted by atomic mass is 32.1. The highest BCUT2D eigenvalue weighted by Crippen LogP contribution is 2.25. The molecule has 0 aliphatic rings. The average Bonchev–Trinajstić information content (AvgIpc) is 2.72. The molecule has 0 aromatic carbocycles. The summed E-state index contributed by atoms with van der Waals surface area (Å²) in [6.07, 6.45) is 0. The average molecular weight is 269 g/mol. The van der Waals surface area contributed by atoms with E-state index in [9.17, 15) is 0 Å². The van der Waals surface area contributed by atoms with E-state index >= 15 is 0 Å². The van der Waals surface area contributed by atoms with Crippen molar-refractivity contribution in [3.05, 3.63) is 16.1 Å². The Kier molecular flexibility index (Phi) is 5.76. The fourth-order valence-electron chi connectivity index (χ4n) is 1.46. The molecule has 0 aliphatic heterocycles. The van der Waals surface area contributed by atoms with Gasteiger partial charge in [-0.1, -0.05) is 20.8 Å². The summed E-state index contributed by atoms with van der Waals surface area (Å²) in [6, 6.07) is 0.610. The highest BCUT2D eigenvalue weighted by Gasteiger charge is 2.17. The zero-order valence-electron chi connectivity index (χ0n) is 12.6. The van der Waals surface area contributed by atoms with Gasteiger partial charge in [-0.05, 0) is 20.9 Å². The first-order chi connectivity index (χ1) is 8.30. The molecule has 0 fully saturated rings. The van der Waals surface area contributed by atoms with Crippen molar-refractivity contribution in [2.45, 2.75) is 52.6 Å². The van der Waals surface area contributed by atoms with E-state index in [0.29, 0.717) is 6.04 Å². The first-order valence-corrected chi connectivity index (χ1v) is 7.54. The number of thiazole rings is 1. The number of aromatic nitrogens is 1. The van der Waals surface area contributed by atoms with Gasteiger partial charge in [0.15, 0.2) is 0 Å². The van der Waals surface area contributed by atoms with E-state index in [1.54, 1.807) is 11.3 Å². The number of nitrogens with one attached hydrogen (secondary N) is 1. The molecule has 18 heavy (non-hydrogen) atoms. The van der Waals surface area contributed by atoms with Gasteiger partial charge in [-0.3, -0.25) is 0 Å². The van der Waals surface area contributed by atoms with Crippen molar-refractivity contribution in [1.29, 1.82) is 0 Å². The van der Waals surface area contributed by atoms with Crippen LogP contribution in [0.25, 0.3) is 0 Å². The van der Waals surface area contributed by atoms with Crippen molar-refractivity contribution in [1.82, 2.24) is 15.2 Å². The first-order valence-electron chi connectivity index (χ1n) is 6.66. The van der Waals surface area contributed by atoms with Crippen LogP contribution >= 0.6 is 11.3 Å². The second kappa shape index (κ2) is 6.64. The van der Waals surface area contributed by atoms with Gasteiger partial charge in [0.2, 0.25) is 0 Å². The molecule has 0 aliphatic carbocycles. The predicted molar refractivity (Wildman–Crippen MR) is 80.3 cm³/mol. The lowest BCUT2D eigenvalue weighted by Gasteiger charge is -2.20. The maximum absolute atomic E-state index is 4.68. The SMILES string of the molecule is CC(C)N(C)CCNCc1csc(C(C)(C)C)n1. The Bertz CT molecular complexity index is 352. The topological polar surface area (TPSA) is 28.2 Å². The van der Waals surface area contributed by atoms with Crippen LogP contribution in [0.2, 0.25) is 0 Å². The van der Waals surface area contributed by atoms with Gasteiger partial charge in [-0.25, -0.2) is 4.98 Å². The van der Waals surface area contributed by atoms with Crippen LogP contribution in [0.4, 0.5) is 0 Å². The van der Waals surface area contributed by atoms with Crippen molar-refractivity contribution in [2.24, 2.45) is 0 Å². The smallest absolute Gasteiger partial charge is 0.0982 e. The van der Waals surface area contributed by atoms with Crippen molar-refractivity contribution in [3.8, 4) is 0 Å². The van der Waals surface area contributed by atoms with Crippen LogP contribution < -0.4 is 5.32 Å². The molecule has 4 heteroatoms. The van der Waals surface area contributed by atoms with Crippen molar-refractivity contribution in [2.75, 3.05) is 20.1 Å². The maximum atomic E-state index is 4.68. The van der Waals surface area contributed by atoms with E-state index in [-0.39, 0.29) is 5.41 Å². The number of likely N-dealkylation sites (N-methyl/N-ethyl adjacent to an activating group) is 1. The summed E-state index contributed by atoms with van der Waals surface area (Å²) < 4.78 is 0. The molecule has 1 aromatic rings. The maximum Gasteiger partial charge on any atom is 0.0982 e. The Balaban J connectivity index is 2.30. The normalized spacial score (nSPS) is 12.7. The van der Waals surface area contributed by atoms with E-state index in [4.69, 9.17) is 0 Å². The standard InChI is InChI=1S/C14H27N3S/c1-11(2)17(6)8-7-15-9-12-10-18-13(16-12)14(3,4)5/h10-11,15H,7-9H2,1-6H3. The molecule has 0 unspecified atom stereocenters. The van der Waals surface area contributed by atoms with Gasteiger partial charge in [0.25, 0.3) is 0 Å². The first kappa shape index (κ1) is 15.6. The van der Waals surface area contributed by atoms with E-state index in [2.05, 4.69) is 62.2 Å². The molecule has 0 saturated heterocycles. The molecule has 0 bridgehead atoms. The summed E-state index contributed by atoms with van der Waals surface area (Å²) in [5, 5.41) is 6.84. The molecule has 1 rings (SSSR count). The van der Waals surface area contributed by atoms with Crippen molar-refractivity contribution < 1.29 is 0 Å². The Hall–Kier alpha value is -0.450. The Morgan fingerprint density at radius 3 is 2.56 bits per heavy atom. The predicted octanol–water partition coefficient (Wildman–Crippen LogP) is 2.87. The van der Waals surface area contributed by atoms with Crippen LogP contribution in [0.15, 0.2) is 5.38 Å². The number of hydrogen-bond acceptors (Lipinski definition) is 4.